The number of fused-ring (bicyclic) bond motifs is 1. The number of ether oxygens (including phenoxy) is 1. The molecule has 178 valence electrons. The molecule has 9 nitrogen and oxygen atoms in total. The van der Waals surface area contributed by atoms with Gasteiger partial charge in [0.05, 0.1) is 11.0 Å². The summed E-state index contributed by atoms with van der Waals surface area (Å²) in [5, 5.41) is 0. The summed E-state index contributed by atoms with van der Waals surface area (Å²) in [6, 6.07) is 7.50. The molecule has 1 amide bonds. The van der Waals surface area contributed by atoms with E-state index in [1.54, 1.807) is 23.4 Å². The Hall–Kier alpha value is -2.88. The van der Waals surface area contributed by atoms with Crippen molar-refractivity contribution >= 4 is 33.3 Å². The molecule has 0 radical (unpaired) electrons. The normalized spacial score (nSPS) is 16.8. The Kier molecular flexibility index (Phi) is 6.47. The minimum atomic E-state index is -3.24. The zero-order valence-corrected chi connectivity index (χ0v) is 20.4. The highest BCUT2D eigenvalue weighted by Crippen LogP contribution is 2.36. The second-order valence-electron chi connectivity index (χ2n) is 8.96. The highest BCUT2D eigenvalue weighted by Gasteiger charge is 2.28. The Labute approximate surface area is 195 Å². The number of nitrogens with zero attached hydrogens (tertiary/aromatic N) is 5. The highest BCUT2D eigenvalue weighted by molar-refractivity contribution is 7.90. The van der Waals surface area contributed by atoms with Gasteiger partial charge in [0.25, 0.3) is 0 Å². The summed E-state index contributed by atoms with van der Waals surface area (Å²) < 4.78 is 29.1. The molecule has 0 unspecified atom stereocenters. The van der Waals surface area contributed by atoms with E-state index in [4.69, 9.17) is 4.74 Å². The Balaban J connectivity index is 1.46. The van der Waals surface area contributed by atoms with Gasteiger partial charge in [-0.1, -0.05) is 0 Å². The molecular formula is C23H31N5O4S. The van der Waals surface area contributed by atoms with Gasteiger partial charge in [-0.25, -0.2) is 23.2 Å². The van der Waals surface area contributed by atoms with Crippen LogP contribution in [-0.4, -0.2) is 74.5 Å². The van der Waals surface area contributed by atoms with E-state index < -0.39 is 9.84 Å². The van der Waals surface area contributed by atoms with Crippen LogP contribution in [-0.2, 0) is 21.0 Å². The number of hydrogen-bond acceptors (Lipinski definition) is 8. The molecule has 1 aromatic carbocycles. The molecule has 0 atom stereocenters. The number of amides is 1. The van der Waals surface area contributed by atoms with Gasteiger partial charge >= 0.3 is 6.09 Å². The topological polar surface area (TPSA) is 95.9 Å². The van der Waals surface area contributed by atoms with Crippen molar-refractivity contribution in [2.24, 2.45) is 0 Å². The van der Waals surface area contributed by atoms with E-state index in [1.165, 1.54) is 6.26 Å². The van der Waals surface area contributed by atoms with Gasteiger partial charge in [-0.05, 0) is 56.9 Å². The summed E-state index contributed by atoms with van der Waals surface area (Å²) in [6.45, 7) is 5.75. The molecule has 1 saturated heterocycles. The average Bonchev–Trinajstić information content (AvgIpc) is 3.21. The third-order valence-corrected chi connectivity index (χ3v) is 7.37. The van der Waals surface area contributed by atoms with Crippen LogP contribution in [0.15, 0.2) is 35.5 Å². The van der Waals surface area contributed by atoms with Crippen LogP contribution in [0.2, 0.25) is 0 Å². The van der Waals surface area contributed by atoms with Crippen molar-refractivity contribution < 1.29 is 17.9 Å². The van der Waals surface area contributed by atoms with Gasteiger partial charge in [-0.2, -0.15) is 0 Å². The maximum Gasteiger partial charge on any atom is 0.410 e. The molecule has 10 heteroatoms. The van der Waals surface area contributed by atoms with Crippen molar-refractivity contribution in [3.63, 3.8) is 0 Å². The third kappa shape index (κ3) is 5.05. The van der Waals surface area contributed by atoms with Crippen molar-refractivity contribution in [2.45, 2.75) is 50.2 Å². The van der Waals surface area contributed by atoms with Gasteiger partial charge in [0.2, 0.25) is 0 Å². The van der Waals surface area contributed by atoms with Crippen molar-refractivity contribution in [3.8, 4) is 0 Å². The quantitative estimate of drug-likeness (QED) is 0.654. The molecule has 0 N–H and O–H groups in total. The van der Waals surface area contributed by atoms with E-state index in [2.05, 4.69) is 19.8 Å². The number of piperidine rings is 1. The molecule has 33 heavy (non-hydrogen) atoms. The molecule has 2 aliphatic rings. The number of benzene rings is 1. The SMILES string of the molecule is CC(C)OC(=O)N1CCC(N(C)c2cc(N3CCc4cc(S(C)(=O)=O)ccc43)ncn2)CC1. The first-order valence-electron chi connectivity index (χ1n) is 11.2. The molecule has 0 bridgehead atoms. The second kappa shape index (κ2) is 9.17. The summed E-state index contributed by atoms with van der Waals surface area (Å²) in [6.07, 6.45) is 4.87. The van der Waals surface area contributed by atoms with Crippen molar-refractivity contribution in [1.29, 1.82) is 0 Å². The highest BCUT2D eigenvalue weighted by atomic mass is 32.2. The van der Waals surface area contributed by atoms with Gasteiger partial charge in [0, 0.05) is 50.7 Å². The first-order valence-corrected chi connectivity index (χ1v) is 13.1. The molecule has 3 heterocycles. The molecular weight excluding hydrogens is 442 g/mol. The Morgan fingerprint density at radius 3 is 2.55 bits per heavy atom. The zero-order chi connectivity index (χ0) is 23.8. The summed E-state index contributed by atoms with van der Waals surface area (Å²) >= 11 is 0. The maximum atomic E-state index is 12.2. The lowest BCUT2D eigenvalue weighted by Gasteiger charge is -2.37. The first-order chi connectivity index (χ1) is 15.6. The number of aromatic nitrogens is 2. The first kappa shape index (κ1) is 23.3. The molecule has 1 fully saturated rings. The Morgan fingerprint density at radius 1 is 1.15 bits per heavy atom. The van der Waals surface area contributed by atoms with Crippen molar-refractivity contribution in [2.75, 3.05) is 42.7 Å². The van der Waals surface area contributed by atoms with E-state index >= 15 is 0 Å². The van der Waals surface area contributed by atoms with Crippen molar-refractivity contribution in [3.05, 3.63) is 36.2 Å². The van der Waals surface area contributed by atoms with Crippen LogP contribution < -0.4 is 9.80 Å². The Bertz CT molecular complexity index is 1130. The molecule has 0 saturated carbocycles. The molecule has 0 aliphatic carbocycles. The van der Waals surface area contributed by atoms with E-state index in [-0.39, 0.29) is 18.2 Å². The number of carbonyl (C=O) groups is 1. The van der Waals surface area contributed by atoms with Crippen LogP contribution in [0.5, 0.6) is 0 Å². The number of carbonyl (C=O) groups excluding carboxylic acids is 1. The monoisotopic (exact) mass is 473 g/mol. The molecule has 0 spiro atoms. The summed E-state index contributed by atoms with van der Waals surface area (Å²) in [5.41, 5.74) is 1.98. The lowest BCUT2D eigenvalue weighted by atomic mass is 10.0. The fourth-order valence-corrected chi connectivity index (χ4v) is 5.09. The minimum absolute atomic E-state index is 0.119. The van der Waals surface area contributed by atoms with Crippen LogP contribution in [0.4, 0.5) is 22.1 Å². The number of sulfone groups is 1. The maximum absolute atomic E-state index is 12.2. The van der Waals surface area contributed by atoms with Gasteiger partial charge in [-0.3, -0.25) is 0 Å². The van der Waals surface area contributed by atoms with Crippen LogP contribution in [0.25, 0.3) is 0 Å². The van der Waals surface area contributed by atoms with Crippen LogP contribution in [0, 0.1) is 0 Å². The average molecular weight is 474 g/mol. The fourth-order valence-electron chi connectivity index (χ4n) is 4.42. The fraction of sp³-hybridized carbons (Fsp3) is 0.522. The standard InChI is InChI=1S/C23H31N5O4S/c1-16(2)32-23(29)27-10-8-18(9-11-27)26(3)21-14-22(25-15-24-21)28-12-7-17-13-19(33(4,30)31)5-6-20(17)28/h5-6,13-16,18H,7-12H2,1-4H3. The minimum Gasteiger partial charge on any atom is -0.447 e. The summed E-state index contributed by atoms with van der Waals surface area (Å²) in [7, 11) is -1.21. The smallest absolute Gasteiger partial charge is 0.410 e. The van der Waals surface area contributed by atoms with E-state index in [0.717, 1.165) is 48.7 Å². The van der Waals surface area contributed by atoms with Crippen LogP contribution in [0.3, 0.4) is 0 Å². The van der Waals surface area contributed by atoms with Gasteiger partial charge in [-0.15, -0.1) is 0 Å². The zero-order valence-electron chi connectivity index (χ0n) is 19.6. The van der Waals surface area contributed by atoms with Crippen LogP contribution >= 0.6 is 0 Å². The molecule has 4 rings (SSSR count). The van der Waals surface area contributed by atoms with Crippen molar-refractivity contribution in [1.82, 2.24) is 14.9 Å². The van der Waals surface area contributed by atoms with Crippen LogP contribution in [0.1, 0.15) is 32.3 Å². The van der Waals surface area contributed by atoms with Gasteiger partial charge in [0.1, 0.15) is 18.0 Å². The number of anilines is 3. The molecule has 1 aromatic heterocycles. The van der Waals surface area contributed by atoms with Gasteiger partial charge < -0.3 is 19.4 Å². The van der Waals surface area contributed by atoms with E-state index in [1.807, 2.05) is 33.0 Å². The number of rotatable bonds is 5. The van der Waals surface area contributed by atoms with E-state index in [0.29, 0.717) is 18.0 Å². The number of likely N-dealkylation sites (tertiary alicyclic amines) is 1. The summed E-state index contributed by atoms with van der Waals surface area (Å²) in [5.74, 6) is 1.61. The van der Waals surface area contributed by atoms with E-state index in [9.17, 15) is 13.2 Å². The molecule has 2 aliphatic heterocycles. The third-order valence-electron chi connectivity index (χ3n) is 6.26. The lowest BCUT2D eigenvalue weighted by molar-refractivity contribution is 0.0692. The summed E-state index contributed by atoms with van der Waals surface area (Å²) in [4.78, 5) is 27.5. The second-order valence-corrected chi connectivity index (χ2v) is 11.0. The molecule has 2 aromatic rings. The predicted molar refractivity (Wildman–Crippen MR) is 127 cm³/mol. The van der Waals surface area contributed by atoms with Gasteiger partial charge in [0.15, 0.2) is 9.84 Å². The number of hydrogen-bond donors (Lipinski definition) is 0. The Morgan fingerprint density at radius 2 is 1.88 bits per heavy atom. The lowest BCUT2D eigenvalue weighted by Crippen LogP contribution is -2.46. The predicted octanol–water partition coefficient (Wildman–Crippen LogP) is 3.02. The largest absolute Gasteiger partial charge is 0.447 e.